The molecule has 4 rings (SSSR count). The number of hydrogen-bond acceptors (Lipinski definition) is 9. The number of carbonyl (C=O) groups is 4. The van der Waals surface area contributed by atoms with Crippen molar-refractivity contribution in [2.24, 2.45) is 11.3 Å². The Balaban J connectivity index is 1.43. The maximum atomic E-state index is 13.2. The Bertz CT molecular complexity index is 1330. The highest BCUT2D eigenvalue weighted by Crippen LogP contribution is 2.47. The lowest BCUT2D eigenvalue weighted by atomic mass is 9.82. The molecule has 0 spiro atoms. The van der Waals surface area contributed by atoms with Crippen LogP contribution in [0.2, 0.25) is 0 Å². The molecule has 11 heteroatoms. The van der Waals surface area contributed by atoms with Gasteiger partial charge in [0.1, 0.15) is 5.70 Å². The molecular weight excluding hydrogens is 528 g/mol. The number of nitrogens with zero attached hydrogens (tertiary/aromatic N) is 2. The van der Waals surface area contributed by atoms with Gasteiger partial charge in [-0.05, 0) is 62.9 Å². The van der Waals surface area contributed by atoms with Crippen LogP contribution in [0.15, 0.2) is 54.5 Å². The van der Waals surface area contributed by atoms with E-state index >= 15 is 0 Å². The smallest absolute Gasteiger partial charge is 0.358 e. The second kappa shape index (κ2) is 12.6. The molecular formula is C30H36N4O7. The molecule has 2 aliphatic rings. The predicted octanol–water partition coefficient (Wildman–Crippen LogP) is 2.61. The first-order chi connectivity index (χ1) is 19.5. The molecule has 0 aliphatic carbocycles. The minimum absolute atomic E-state index is 0.0980. The molecule has 0 radical (unpaired) electrons. The van der Waals surface area contributed by atoms with Gasteiger partial charge in [0, 0.05) is 25.7 Å². The average Bonchev–Trinajstić information content (AvgIpc) is 3.26. The first-order valence-corrected chi connectivity index (χ1v) is 13.6. The van der Waals surface area contributed by atoms with Crippen molar-refractivity contribution in [1.82, 2.24) is 15.2 Å². The first kappa shape index (κ1) is 29.9. The van der Waals surface area contributed by atoms with Gasteiger partial charge in [-0.25, -0.2) is 4.79 Å². The summed E-state index contributed by atoms with van der Waals surface area (Å²) in [7, 11) is 0. The van der Waals surface area contributed by atoms with Crippen molar-refractivity contribution >= 4 is 35.0 Å². The van der Waals surface area contributed by atoms with Crippen LogP contribution in [0.25, 0.3) is 5.57 Å². The number of aliphatic hydroxyl groups is 1. The third-order valence-electron chi connectivity index (χ3n) is 6.99. The Labute approximate surface area is 238 Å². The third-order valence-corrected chi connectivity index (χ3v) is 6.99. The fourth-order valence-electron chi connectivity index (χ4n) is 4.90. The fourth-order valence-corrected chi connectivity index (χ4v) is 4.90. The summed E-state index contributed by atoms with van der Waals surface area (Å²) in [6, 6.07) is 10.7. The lowest BCUT2D eigenvalue weighted by molar-refractivity contribution is -0.175. The first-order valence-electron chi connectivity index (χ1n) is 13.6. The molecule has 218 valence electrons. The lowest BCUT2D eigenvalue weighted by Crippen LogP contribution is -2.61. The van der Waals surface area contributed by atoms with Gasteiger partial charge in [-0.3, -0.25) is 19.4 Å². The number of anilines is 1. The zero-order valence-corrected chi connectivity index (χ0v) is 23.7. The summed E-state index contributed by atoms with van der Waals surface area (Å²) in [5.74, 6) is -2.39. The van der Waals surface area contributed by atoms with E-state index in [-0.39, 0.29) is 30.0 Å². The van der Waals surface area contributed by atoms with Crippen LogP contribution in [0.4, 0.5) is 5.69 Å². The summed E-state index contributed by atoms with van der Waals surface area (Å²) in [4.78, 5) is 55.7. The summed E-state index contributed by atoms with van der Waals surface area (Å²) in [5, 5.41) is 16.2. The van der Waals surface area contributed by atoms with Crippen LogP contribution in [0, 0.1) is 11.3 Å². The molecule has 1 aromatic carbocycles. The highest BCUT2D eigenvalue weighted by atomic mass is 16.7. The van der Waals surface area contributed by atoms with E-state index in [0.29, 0.717) is 30.8 Å². The van der Waals surface area contributed by atoms with Gasteiger partial charge in [-0.1, -0.05) is 24.3 Å². The number of nitrogens with one attached hydrogen (secondary N) is 2. The molecule has 11 nitrogen and oxygen atoms in total. The van der Waals surface area contributed by atoms with Crippen molar-refractivity contribution in [1.29, 1.82) is 0 Å². The Morgan fingerprint density at radius 2 is 1.95 bits per heavy atom. The number of benzene rings is 1. The molecule has 2 aliphatic heterocycles. The summed E-state index contributed by atoms with van der Waals surface area (Å²) >= 11 is 0. The van der Waals surface area contributed by atoms with Gasteiger partial charge in [0.25, 0.3) is 0 Å². The van der Waals surface area contributed by atoms with Crippen molar-refractivity contribution in [3.05, 3.63) is 65.6 Å². The maximum Gasteiger partial charge on any atom is 0.358 e. The van der Waals surface area contributed by atoms with E-state index in [9.17, 15) is 24.3 Å². The minimum Gasteiger partial charge on any atom is -0.427 e. The number of amides is 2. The zero-order chi connectivity index (χ0) is 29.7. The second-order valence-corrected chi connectivity index (χ2v) is 11.2. The lowest BCUT2D eigenvalue weighted by Gasteiger charge is -2.44. The van der Waals surface area contributed by atoms with Crippen LogP contribution < -0.4 is 10.6 Å². The van der Waals surface area contributed by atoms with E-state index in [1.807, 2.05) is 24.3 Å². The molecule has 0 unspecified atom stereocenters. The Kier molecular flexibility index (Phi) is 9.19. The number of carbonyl (C=O) groups excluding carboxylic acids is 4. The van der Waals surface area contributed by atoms with Crippen LogP contribution in [-0.2, 0) is 35.2 Å². The minimum atomic E-state index is -0.862. The van der Waals surface area contributed by atoms with Gasteiger partial charge in [-0.15, -0.1) is 0 Å². The van der Waals surface area contributed by atoms with E-state index in [0.717, 1.165) is 11.1 Å². The number of aromatic nitrogens is 1. The number of fused-ring (bicyclic) bond motifs is 1. The number of β-lactam (4-membered cyclic amide) rings is 1. The molecule has 1 saturated heterocycles. The van der Waals surface area contributed by atoms with Crippen LogP contribution in [0.3, 0.4) is 0 Å². The molecule has 0 bridgehead atoms. The number of esters is 2. The van der Waals surface area contributed by atoms with E-state index in [1.54, 1.807) is 52.2 Å². The number of aliphatic hydroxyl groups excluding tert-OH is 1. The quantitative estimate of drug-likeness (QED) is 0.162. The molecule has 1 aromatic heterocycles. The van der Waals surface area contributed by atoms with Gasteiger partial charge >= 0.3 is 11.9 Å². The Morgan fingerprint density at radius 1 is 1.17 bits per heavy atom. The monoisotopic (exact) mass is 564 g/mol. The van der Waals surface area contributed by atoms with Crippen molar-refractivity contribution in [3.8, 4) is 0 Å². The SMILES string of the molecule is C[C@@H](O)[C@H]1C(=O)N2C(C(=O)OCOC(=O)C(C)(C)C)=C(c3cccc(CNCCC(=O)Nc4cccnc4)c3)C[C@H]12. The number of ether oxygens (including phenoxy) is 2. The maximum absolute atomic E-state index is 13.2. The molecule has 1 fully saturated rings. The topological polar surface area (TPSA) is 147 Å². The molecule has 3 N–H and O–H groups in total. The molecule has 2 amide bonds. The van der Waals surface area contributed by atoms with Crippen LogP contribution in [0.5, 0.6) is 0 Å². The molecule has 3 heterocycles. The third kappa shape index (κ3) is 6.98. The van der Waals surface area contributed by atoms with Gasteiger partial charge in [0.2, 0.25) is 18.6 Å². The molecule has 0 saturated carbocycles. The van der Waals surface area contributed by atoms with E-state index in [4.69, 9.17) is 9.47 Å². The van der Waals surface area contributed by atoms with E-state index in [2.05, 4.69) is 15.6 Å². The number of rotatable bonds is 11. The highest BCUT2D eigenvalue weighted by Gasteiger charge is 2.57. The summed E-state index contributed by atoms with van der Waals surface area (Å²) in [6.45, 7) is 6.98. The van der Waals surface area contributed by atoms with Crippen molar-refractivity contribution in [2.75, 3.05) is 18.7 Å². The van der Waals surface area contributed by atoms with Gasteiger partial charge < -0.3 is 30.1 Å². The van der Waals surface area contributed by atoms with Crippen LogP contribution >= 0.6 is 0 Å². The van der Waals surface area contributed by atoms with Crippen molar-refractivity contribution < 1.29 is 33.8 Å². The van der Waals surface area contributed by atoms with Gasteiger partial charge in [0.15, 0.2) is 0 Å². The van der Waals surface area contributed by atoms with Crippen LogP contribution in [0.1, 0.15) is 51.7 Å². The van der Waals surface area contributed by atoms with Crippen molar-refractivity contribution in [3.63, 3.8) is 0 Å². The number of hydrogen-bond donors (Lipinski definition) is 3. The normalized spacial score (nSPS) is 18.9. The predicted molar refractivity (Wildman–Crippen MR) is 149 cm³/mol. The Morgan fingerprint density at radius 3 is 2.63 bits per heavy atom. The standard InChI is InChI=1S/C30H36N4O7/c1-18(35)25-23-14-22(26(34(23)27(25)37)28(38)40-17-41-29(39)30(2,3)4)20-8-5-7-19(13-20)15-32-12-10-24(36)33-21-9-6-11-31-16-21/h5-9,11,13,16,18,23,25,32,35H,10,12,14-15,17H2,1-4H3,(H,33,36)/t18-,23-,25-/m1/s1. The highest BCUT2D eigenvalue weighted by molar-refractivity contribution is 6.06. The molecule has 41 heavy (non-hydrogen) atoms. The number of pyridine rings is 1. The zero-order valence-electron chi connectivity index (χ0n) is 23.7. The van der Waals surface area contributed by atoms with Gasteiger partial charge in [-0.2, -0.15) is 0 Å². The van der Waals surface area contributed by atoms with E-state index < -0.39 is 36.2 Å². The van der Waals surface area contributed by atoms with E-state index in [1.165, 1.54) is 4.90 Å². The summed E-state index contributed by atoms with van der Waals surface area (Å²) in [6.07, 6.45) is 3.00. The second-order valence-electron chi connectivity index (χ2n) is 11.2. The summed E-state index contributed by atoms with van der Waals surface area (Å²) < 4.78 is 10.3. The average molecular weight is 565 g/mol. The summed E-state index contributed by atoms with van der Waals surface area (Å²) in [5.41, 5.74) is 2.26. The largest absolute Gasteiger partial charge is 0.427 e. The van der Waals surface area contributed by atoms with Crippen LogP contribution in [-0.4, -0.2) is 64.2 Å². The molecule has 2 aromatic rings. The van der Waals surface area contributed by atoms with Crippen molar-refractivity contribution in [2.45, 2.75) is 59.2 Å². The molecule has 3 atom stereocenters. The van der Waals surface area contributed by atoms with Gasteiger partial charge in [0.05, 0.1) is 35.4 Å². The Hall–Kier alpha value is -4.09. The fraction of sp³-hybridized carbons (Fsp3) is 0.433.